The summed E-state index contributed by atoms with van der Waals surface area (Å²) in [5.41, 5.74) is -1.89. The second-order valence-electron chi connectivity index (χ2n) is 2.45. The highest BCUT2D eigenvalue weighted by atomic mass is 16.7. The first kappa shape index (κ1) is 9.33. The molecule has 1 aliphatic carbocycles. The highest BCUT2D eigenvalue weighted by molar-refractivity contribution is 5.21. The van der Waals surface area contributed by atoms with Gasteiger partial charge in [0.1, 0.15) is 0 Å². The third kappa shape index (κ3) is 2.64. The molecule has 0 radical (unpaired) electrons. The van der Waals surface area contributed by atoms with Crippen molar-refractivity contribution in [3.8, 4) is 0 Å². The first-order chi connectivity index (χ1) is 6.02. The fourth-order valence-corrected chi connectivity index (χ4v) is 0.876. The highest BCUT2D eigenvalue weighted by Gasteiger charge is 2.30. The SMILES string of the molecule is O=[N+]([O-])/N=N/C1(O)C=CCC(O)=C1. The molecule has 0 aromatic rings. The maximum atomic E-state index is 9.79. The largest absolute Gasteiger partial charge is 0.512 e. The molecule has 0 aromatic heterocycles. The Morgan fingerprint density at radius 2 is 2.38 bits per heavy atom. The van der Waals surface area contributed by atoms with Crippen LogP contribution in [0, 0.1) is 10.1 Å². The molecule has 1 aliphatic rings. The topological polar surface area (TPSA) is 108 Å². The van der Waals surface area contributed by atoms with Crippen LogP contribution in [0.4, 0.5) is 0 Å². The van der Waals surface area contributed by atoms with Crippen molar-refractivity contribution in [2.45, 2.75) is 12.1 Å². The summed E-state index contributed by atoms with van der Waals surface area (Å²) in [7, 11) is 0. The number of rotatable bonds is 2. The van der Waals surface area contributed by atoms with Gasteiger partial charge in [0.15, 0.2) is 5.22 Å². The molecule has 0 amide bonds. The molecule has 0 fully saturated rings. The molecule has 0 heterocycles. The predicted molar refractivity (Wildman–Crippen MR) is 41.3 cm³/mol. The van der Waals surface area contributed by atoms with E-state index in [0.717, 1.165) is 6.08 Å². The van der Waals surface area contributed by atoms with E-state index in [-0.39, 0.29) is 12.2 Å². The van der Waals surface area contributed by atoms with Gasteiger partial charge in [0.05, 0.1) is 15.9 Å². The molecule has 2 N–H and O–H groups in total. The molecule has 0 bridgehead atoms. The predicted octanol–water partition coefficient (Wildman–Crippen LogP) is 0.721. The molecule has 0 aromatic carbocycles. The first-order valence-electron chi connectivity index (χ1n) is 3.40. The van der Waals surface area contributed by atoms with Crippen molar-refractivity contribution in [1.29, 1.82) is 0 Å². The van der Waals surface area contributed by atoms with E-state index in [2.05, 4.69) is 10.3 Å². The first-order valence-corrected chi connectivity index (χ1v) is 3.40. The summed E-state index contributed by atoms with van der Waals surface area (Å²) in [5, 5.41) is 32.7. The van der Waals surface area contributed by atoms with Gasteiger partial charge in [-0.05, 0) is 6.08 Å². The lowest BCUT2D eigenvalue weighted by molar-refractivity contribution is -0.496. The summed E-state index contributed by atoms with van der Waals surface area (Å²) in [5.74, 6) is -0.104. The minimum absolute atomic E-state index is 0.104. The van der Waals surface area contributed by atoms with E-state index in [1.807, 2.05) is 0 Å². The normalized spacial score (nSPS) is 27.6. The second-order valence-corrected chi connectivity index (χ2v) is 2.45. The summed E-state index contributed by atoms with van der Waals surface area (Å²) < 4.78 is 0. The van der Waals surface area contributed by atoms with Crippen LogP contribution in [0.2, 0.25) is 0 Å². The van der Waals surface area contributed by atoms with Crippen LogP contribution in [0.15, 0.2) is 34.3 Å². The van der Waals surface area contributed by atoms with Gasteiger partial charge in [0, 0.05) is 12.5 Å². The van der Waals surface area contributed by atoms with Crippen molar-refractivity contribution in [2.75, 3.05) is 0 Å². The molecule has 70 valence electrons. The van der Waals surface area contributed by atoms with Crippen LogP contribution in [0.3, 0.4) is 0 Å². The van der Waals surface area contributed by atoms with E-state index in [1.54, 1.807) is 0 Å². The van der Waals surface area contributed by atoms with Crippen LogP contribution < -0.4 is 0 Å². The van der Waals surface area contributed by atoms with Gasteiger partial charge in [0.2, 0.25) is 0 Å². The van der Waals surface area contributed by atoms with Crippen LogP contribution in [0.5, 0.6) is 0 Å². The zero-order chi connectivity index (χ0) is 9.90. The zero-order valence-corrected chi connectivity index (χ0v) is 6.49. The quantitative estimate of drug-likeness (QED) is 0.286. The van der Waals surface area contributed by atoms with Gasteiger partial charge in [-0.3, -0.25) is 0 Å². The zero-order valence-electron chi connectivity index (χ0n) is 6.49. The lowest BCUT2D eigenvalue weighted by Crippen LogP contribution is -2.22. The van der Waals surface area contributed by atoms with E-state index in [9.17, 15) is 15.2 Å². The molecule has 13 heavy (non-hydrogen) atoms. The van der Waals surface area contributed by atoms with Gasteiger partial charge in [0.25, 0.3) is 0 Å². The average Bonchev–Trinajstić information content (AvgIpc) is 2.01. The van der Waals surface area contributed by atoms with Crippen molar-refractivity contribution in [3.05, 3.63) is 34.1 Å². The lowest BCUT2D eigenvalue weighted by Gasteiger charge is -2.10. The van der Waals surface area contributed by atoms with Crippen molar-refractivity contribution in [2.24, 2.45) is 10.3 Å². The van der Waals surface area contributed by atoms with Crippen LogP contribution in [0.1, 0.15) is 6.42 Å². The Kier molecular flexibility index (Phi) is 2.38. The molecule has 0 aliphatic heterocycles. The van der Waals surface area contributed by atoms with E-state index >= 15 is 0 Å². The Labute approximate surface area is 72.8 Å². The molecule has 1 rings (SSSR count). The molecule has 1 atom stereocenters. The molecule has 7 nitrogen and oxygen atoms in total. The molecule has 1 unspecified atom stereocenters. The molecule has 0 saturated heterocycles. The van der Waals surface area contributed by atoms with E-state index in [4.69, 9.17) is 5.11 Å². The Bertz CT molecular complexity index is 309. The molecule has 0 spiro atoms. The van der Waals surface area contributed by atoms with Crippen LogP contribution in [-0.2, 0) is 0 Å². The molecule has 7 heteroatoms. The fraction of sp³-hybridized carbons (Fsp3) is 0.333. The third-order valence-corrected chi connectivity index (χ3v) is 1.35. The maximum Gasteiger partial charge on any atom is 0.316 e. The summed E-state index contributed by atoms with van der Waals surface area (Å²) in [4.78, 5) is 9.79. The number of nitro groups is 1. The number of allylic oxidation sites excluding steroid dienone is 1. The lowest BCUT2D eigenvalue weighted by atomic mass is 10.1. The number of aliphatic hydroxyl groups excluding tert-OH is 1. The second kappa shape index (κ2) is 3.31. The maximum absolute atomic E-state index is 9.79. The third-order valence-electron chi connectivity index (χ3n) is 1.35. The van der Waals surface area contributed by atoms with E-state index < -0.39 is 10.8 Å². The highest BCUT2D eigenvalue weighted by Crippen LogP contribution is 2.20. The summed E-state index contributed by atoms with van der Waals surface area (Å²) in [6, 6.07) is 0. The molecular formula is C6H7N3O4. The van der Waals surface area contributed by atoms with Crippen molar-refractivity contribution < 1.29 is 15.2 Å². The Morgan fingerprint density at radius 1 is 1.69 bits per heavy atom. The Hall–Kier alpha value is -1.76. The van der Waals surface area contributed by atoms with Gasteiger partial charge in [-0.1, -0.05) is 6.08 Å². The molecular weight excluding hydrogens is 178 g/mol. The summed E-state index contributed by atoms with van der Waals surface area (Å²) >= 11 is 0. The smallest absolute Gasteiger partial charge is 0.316 e. The van der Waals surface area contributed by atoms with Crippen LogP contribution in [0.25, 0.3) is 0 Å². The number of hydrogen-bond acceptors (Lipinski definition) is 5. The standard InChI is InChI=1S/C6H7N3O4/c10-5-2-1-3-6(11,4-5)7-8-9(12)13/h1,3-4,10-11H,2H2/b8-7+. The van der Waals surface area contributed by atoms with Crippen LogP contribution in [-0.4, -0.2) is 21.0 Å². The number of nitrogens with zero attached hydrogens (tertiary/aromatic N) is 3. The average molecular weight is 185 g/mol. The fourth-order valence-electron chi connectivity index (χ4n) is 0.876. The van der Waals surface area contributed by atoms with Gasteiger partial charge in [-0.2, -0.15) is 0 Å². The number of aliphatic hydroxyl groups is 2. The summed E-state index contributed by atoms with van der Waals surface area (Å²) in [6.45, 7) is 0. The van der Waals surface area contributed by atoms with Gasteiger partial charge >= 0.3 is 5.72 Å². The van der Waals surface area contributed by atoms with E-state index in [1.165, 1.54) is 12.2 Å². The minimum atomic E-state index is -1.89. The molecule has 0 saturated carbocycles. The minimum Gasteiger partial charge on any atom is -0.512 e. The number of hydrogen-bond donors (Lipinski definition) is 2. The Morgan fingerprint density at radius 3 is 2.92 bits per heavy atom. The van der Waals surface area contributed by atoms with Crippen LogP contribution >= 0.6 is 0 Å². The Balaban J connectivity index is 2.81. The van der Waals surface area contributed by atoms with Gasteiger partial charge in [-0.25, -0.2) is 0 Å². The van der Waals surface area contributed by atoms with Gasteiger partial charge in [-0.15, -0.1) is 0 Å². The van der Waals surface area contributed by atoms with Crippen molar-refractivity contribution in [3.63, 3.8) is 0 Å². The van der Waals surface area contributed by atoms with E-state index in [0.29, 0.717) is 0 Å². The van der Waals surface area contributed by atoms with Crippen molar-refractivity contribution in [1.82, 2.24) is 0 Å². The monoisotopic (exact) mass is 185 g/mol. The van der Waals surface area contributed by atoms with Crippen molar-refractivity contribution >= 4 is 0 Å². The summed E-state index contributed by atoms with van der Waals surface area (Å²) in [6.07, 6.45) is 3.91. The van der Waals surface area contributed by atoms with Gasteiger partial charge < -0.3 is 20.3 Å².